The lowest BCUT2D eigenvalue weighted by molar-refractivity contribution is -0.121. The van der Waals surface area contributed by atoms with E-state index in [1.165, 1.54) is 24.3 Å². The summed E-state index contributed by atoms with van der Waals surface area (Å²) >= 11 is 5.62. The number of benzene rings is 2. The van der Waals surface area contributed by atoms with Gasteiger partial charge in [-0.15, -0.1) is 0 Å². The van der Waals surface area contributed by atoms with Gasteiger partial charge in [0.2, 0.25) is 0 Å². The summed E-state index contributed by atoms with van der Waals surface area (Å²) in [4.78, 5) is 16.2. The minimum absolute atomic E-state index is 0.181. The molecule has 1 aliphatic rings. The van der Waals surface area contributed by atoms with E-state index >= 15 is 0 Å². The van der Waals surface area contributed by atoms with Crippen LogP contribution in [0.5, 0.6) is 11.5 Å². The van der Waals surface area contributed by atoms with Crippen LogP contribution in [0.2, 0.25) is 0 Å². The second kappa shape index (κ2) is 8.09. The summed E-state index contributed by atoms with van der Waals surface area (Å²) in [5.41, 5.74) is 1.98. The van der Waals surface area contributed by atoms with Gasteiger partial charge in [-0.2, -0.15) is 0 Å². The lowest BCUT2D eigenvalue weighted by Crippen LogP contribution is -2.49. The second-order valence-corrected chi connectivity index (χ2v) is 10.1. The summed E-state index contributed by atoms with van der Waals surface area (Å²) in [5.74, 6) is 0.499. The topological polar surface area (TPSA) is 38.8 Å². The monoisotopic (exact) mass is 461 g/mol. The summed E-state index contributed by atoms with van der Waals surface area (Å²) in [7, 11) is 3.14. The Labute approximate surface area is 186 Å². The smallest absolute Gasteiger partial charge is 0.265 e. The normalized spacial score (nSPS) is 14.1. The molecule has 0 bridgehead atoms. The molecule has 4 rings (SSSR count). The number of rotatable bonds is 5. The summed E-state index contributed by atoms with van der Waals surface area (Å²) in [5, 5.41) is 0. The predicted octanol–water partition coefficient (Wildman–Crippen LogP) is 6.40. The van der Waals surface area contributed by atoms with Gasteiger partial charge in [0.1, 0.15) is 21.1 Å². The third-order valence-electron chi connectivity index (χ3n) is 4.96. The summed E-state index contributed by atoms with van der Waals surface area (Å²) < 4.78 is 25.5. The van der Waals surface area contributed by atoms with Crippen LogP contribution in [0.3, 0.4) is 0 Å². The zero-order valence-electron chi connectivity index (χ0n) is 16.7. The number of nitrogens with zero attached hydrogens (tertiary/aromatic N) is 1. The predicted molar refractivity (Wildman–Crippen MR) is 122 cm³/mol. The molecule has 0 aliphatic carbocycles. The first-order valence-corrected chi connectivity index (χ1v) is 12.0. The molecular formula is C22H20FNO3S3. The molecule has 0 N–H and O–H groups in total. The van der Waals surface area contributed by atoms with Crippen molar-refractivity contribution in [3.63, 3.8) is 0 Å². The molecule has 3 aromatic rings. The molecule has 2 aromatic carbocycles. The van der Waals surface area contributed by atoms with Crippen LogP contribution in [0, 0.1) is 9.64 Å². The van der Waals surface area contributed by atoms with Gasteiger partial charge in [0, 0.05) is 11.1 Å². The number of amides is 1. The second-order valence-electron chi connectivity index (χ2n) is 7.27. The molecule has 8 heteroatoms. The van der Waals surface area contributed by atoms with E-state index < -0.39 is 5.54 Å². The summed E-state index contributed by atoms with van der Waals surface area (Å²) in [6, 6.07) is 11.4. The average Bonchev–Trinajstić information content (AvgIpc) is 3.11. The minimum atomic E-state index is -0.628. The molecule has 4 nitrogen and oxygen atoms in total. The van der Waals surface area contributed by atoms with E-state index in [1.807, 2.05) is 39.0 Å². The van der Waals surface area contributed by atoms with Gasteiger partial charge < -0.3 is 9.47 Å². The van der Waals surface area contributed by atoms with Crippen LogP contribution in [0.1, 0.15) is 25.6 Å². The van der Waals surface area contributed by atoms with Crippen molar-refractivity contribution in [3.05, 3.63) is 57.0 Å². The first kappa shape index (κ1) is 21.0. The first-order chi connectivity index (χ1) is 14.3. The minimum Gasteiger partial charge on any atom is -0.492 e. The lowest BCUT2D eigenvalue weighted by atomic mass is 9.87. The molecule has 2 heterocycles. The number of carbonyl (C=O) groups excluding carboxylic acids is 1. The van der Waals surface area contributed by atoms with E-state index in [4.69, 9.17) is 21.7 Å². The van der Waals surface area contributed by atoms with Gasteiger partial charge >= 0.3 is 0 Å². The van der Waals surface area contributed by atoms with Crippen molar-refractivity contribution < 1.29 is 18.7 Å². The van der Waals surface area contributed by atoms with Crippen molar-refractivity contribution in [3.8, 4) is 22.6 Å². The molecule has 0 radical (unpaired) electrons. The van der Waals surface area contributed by atoms with Gasteiger partial charge in [0.15, 0.2) is 6.61 Å². The molecule has 0 spiro atoms. The Morgan fingerprint density at radius 2 is 1.87 bits per heavy atom. The number of halogens is 1. The van der Waals surface area contributed by atoms with Crippen molar-refractivity contribution in [1.29, 1.82) is 0 Å². The van der Waals surface area contributed by atoms with Crippen molar-refractivity contribution in [1.82, 2.24) is 0 Å². The van der Waals surface area contributed by atoms with Crippen molar-refractivity contribution in [2.24, 2.45) is 0 Å². The van der Waals surface area contributed by atoms with Gasteiger partial charge in [0.25, 0.3) is 5.91 Å². The number of anilines is 1. The molecule has 0 unspecified atom stereocenters. The van der Waals surface area contributed by atoms with Gasteiger partial charge in [-0.1, -0.05) is 45.0 Å². The van der Waals surface area contributed by atoms with Gasteiger partial charge in [-0.25, -0.2) is 4.39 Å². The van der Waals surface area contributed by atoms with Crippen LogP contribution in [0.25, 0.3) is 11.1 Å². The SMILES string of the molecule is CCOc1cccc2c1N(C(=O)COc1ccc(F)cc1)C(C)(C)c1ssc(=S)c1-2. The molecule has 1 amide bonds. The van der Waals surface area contributed by atoms with Crippen LogP contribution in [0.15, 0.2) is 42.5 Å². The number of fused-ring (bicyclic) bond motifs is 3. The van der Waals surface area contributed by atoms with E-state index in [0.29, 0.717) is 23.8 Å². The van der Waals surface area contributed by atoms with E-state index in [0.717, 1.165) is 19.8 Å². The Hall–Kier alpha value is -2.29. The van der Waals surface area contributed by atoms with Crippen LogP contribution < -0.4 is 14.4 Å². The van der Waals surface area contributed by atoms with E-state index in [1.54, 1.807) is 25.6 Å². The Morgan fingerprint density at radius 1 is 1.13 bits per heavy atom. The quantitative estimate of drug-likeness (QED) is 0.325. The van der Waals surface area contributed by atoms with Gasteiger partial charge in [-0.3, -0.25) is 9.69 Å². The van der Waals surface area contributed by atoms with Crippen molar-refractivity contribution in [2.75, 3.05) is 18.1 Å². The van der Waals surface area contributed by atoms with Gasteiger partial charge in [0.05, 0.1) is 22.7 Å². The summed E-state index contributed by atoms with van der Waals surface area (Å²) in [6.07, 6.45) is 0. The molecule has 1 aliphatic heterocycles. The van der Waals surface area contributed by atoms with Crippen LogP contribution in [-0.4, -0.2) is 19.1 Å². The van der Waals surface area contributed by atoms with Crippen LogP contribution in [0.4, 0.5) is 10.1 Å². The Balaban J connectivity index is 1.78. The standard InChI is InChI=1S/C22H20FNO3S3/c1-4-26-16-7-5-6-15-18-20(29-30-21(18)28)22(2,3)24(19(15)16)17(25)12-27-14-10-8-13(23)9-11-14/h5-11H,4,12H2,1-3H3. The fourth-order valence-corrected chi connectivity index (χ4v) is 6.96. The number of carbonyl (C=O) groups is 1. The molecule has 0 saturated heterocycles. The molecule has 0 saturated carbocycles. The maximum atomic E-state index is 13.4. The third-order valence-corrected chi connectivity index (χ3v) is 8.29. The van der Waals surface area contributed by atoms with Crippen molar-refractivity contribution >= 4 is 44.5 Å². The average molecular weight is 462 g/mol. The number of hydrogen-bond donors (Lipinski definition) is 0. The first-order valence-electron chi connectivity index (χ1n) is 9.45. The molecule has 1 aromatic heterocycles. The fourth-order valence-electron chi connectivity index (χ4n) is 3.68. The molecular weight excluding hydrogens is 441 g/mol. The highest BCUT2D eigenvalue weighted by Gasteiger charge is 2.44. The summed E-state index contributed by atoms with van der Waals surface area (Å²) in [6.45, 7) is 6.22. The maximum Gasteiger partial charge on any atom is 0.265 e. The van der Waals surface area contributed by atoms with E-state index in [9.17, 15) is 9.18 Å². The highest BCUT2D eigenvalue weighted by Crippen LogP contribution is 2.54. The number of para-hydroxylation sites is 1. The zero-order chi connectivity index (χ0) is 21.5. The third kappa shape index (κ3) is 3.53. The molecule has 0 atom stereocenters. The fraction of sp³-hybridized carbons (Fsp3) is 0.273. The largest absolute Gasteiger partial charge is 0.492 e. The highest BCUT2D eigenvalue weighted by molar-refractivity contribution is 7.80. The molecule has 0 fully saturated rings. The number of ether oxygens (including phenoxy) is 2. The highest BCUT2D eigenvalue weighted by atomic mass is 32.9. The number of hydrogen-bond acceptors (Lipinski definition) is 6. The lowest BCUT2D eigenvalue weighted by Gasteiger charge is -2.43. The van der Waals surface area contributed by atoms with E-state index in [2.05, 4.69) is 0 Å². The van der Waals surface area contributed by atoms with E-state index in [-0.39, 0.29) is 18.3 Å². The van der Waals surface area contributed by atoms with Gasteiger partial charge in [-0.05, 0) is 51.1 Å². The van der Waals surface area contributed by atoms with Crippen LogP contribution >= 0.6 is 32.9 Å². The Kier molecular flexibility index (Phi) is 5.65. The van der Waals surface area contributed by atoms with Crippen LogP contribution in [-0.2, 0) is 10.3 Å². The molecule has 156 valence electrons. The molecule has 30 heavy (non-hydrogen) atoms. The Bertz CT molecular complexity index is 1150. The Morgan fingerprint density at radius 3 is 2.57 bits per heavy atom. The zero-order valence-corrected chi connectivity index (χ0v) is 19.2. The van der Waals surface area contributed by atoms with Crippen molar-refractivity contribution in [2.45, 2.75) is 26.3 Å². The maximum absolute atomic E-state index is 13.4.